The van der Waals surface area contributed by atoms with Crippen LogP contribution in [0.2, 0.25) is 0 Å². The van der Waals surface area contributed by atoms with Crippen molar-refractivity contribution in [2.24, 2.45) is 0 Å². The van der Waals surface area contributed by atoms with E-state index in [1.807, 2.05) is 0 Å². The highest BCUT2D eigenvalue weighted by atomic mass is 16.4. The van der Waals surface area contributed by atoms with Gasteiger partial charge in [0.2, 0.25) is 0 Å². The molecule has 1 atom stereocenters. The molecule has 0 aromatic heterocycles. The van der Waals surface area contributed by atoms with E-state index in [0.29, 0.717) is 0 Å². The van der Waals surface area contributed by atoms with Gasteiger partial charge in [0.15, 0.2) is 5.54 Å². The maximum Gasteiger partial charge on any atom is 0.332 e. The van der Waals surface area contributed by atoms with Crippen LogP contribution in [0.25, 0.3) is 0 Å². The quantitative estimate of drug-likeness (QED) is 0.376. The Bertz CT molecular complexity index is 180. The fourth-order valence-electron chi connectivity index (χ4n) is 0.681. The lowest BCUT2D eigenvalue weighted by atomic mass is 10.0. The first-order valence-electron chi connectivity index (χ1n) is 2.76. The molecule has 0 aliphatic carbocycles. The van der Waals surface area contributed by atoms with Gasteiger partial charge in [-0.1, -0.05) is 0 Å². The second-order valence-corrected chi connectivity index (χ2v) is 2.04. The number of nitrogens with one attached hydrogen (secondary N) is 2. The molecule has 0 fully saturated rings. The third-order valence-corrected chi connectivity index (χ3v) is 1.38. The second kappa shape index (κ2) is 2.28. The van der Waals surface area contributed by atoms with E-state index in [-0.39, 0.29) is 0 Å². The summed E-state index contributed by atoms with van der Waals surface area (Å²) in [6.45, 7) is -0.466. The Morgan fingerprint density at radius 3 is 2.60 bits per heavy atom. The molecule has 0 saturated carbocycles. The van der Waals surface area contributed by atoms with Crippen molar-refractivity contribution in [1.29, 1.82) is 0 Å². The molecule has 0 bridgehead atoms. The summed E-state index contributed by atoms with van der Waals surface area (Å²) in [7, 11) is 0. The van der Waals surface area contributed by atoms with Crippen molar-refractivity contribution < 1.29 is 15.0 Å². The van der Waals surface area contributed by atoms with Gasteiger partial charge in [0.25, 0.3) is 0 Å². The van der Waals surface area contributed by atoms with Gasteiger partial charge >= 0.3 is 5.97 Å². The Kier molecular flexibility index (Phi) is 1.60. The van der Waals surface area contributed by atoms with E-state index >= 15 is 0 Å². The van der Waals surface area contributed by atoms with Gasteiger partial charge < -0.3 is 15.6 Å². The average Bonchev–Trinajstić information content (AvgIpc) is 2.35. The van der Waals surface area contributed by atoms with Crippen LogP contribution in [0.3, 0.4) is 0 Å². The van der Waals surface area contributed by atoms with Crippen LogP contribution in [0.15, 0.2) is 12.3 Å². The van der Waals surface area contributed by atoms with Crippen molar-refractivity contribution in [3.63, 3.8) is 0 Å². The standard InChI is InChI=1S/C5H8N2O3/c8-3-5(4(9)10)1-2-6-7-5/h1-2,6-8H,3H2,(H,9,10). The Labute approximate surface area is 57.3 Å². The van der Waals surface area contributed by atoms with Crippen LogP contribution in [0.1, 0.15) is 0 Å². The van der Waals surface area contributed by atoms with Gasteiger partial charge in [-0.3, -0.25) is 0 Å². The van der Waals surface area contributed by atoms with Gasteiger partial charge in [0, 0.05) is 6.20 Å². The van der Waals surface area contributed by atoms with Crippen LogP contribution >= 0.6 is 0 Å². The lowest BCUT2D eigenvalue weighted by Crippen LogP contribution is -2.53. The largest absolute Gasteiger partial charge is 0.480 e. The Morgan fingerprint density at radius 1 is 1.70 bits per heavy atom. The van der Waals surface area contributed by atoms with Crippen molar-refractivity contribution in [2.75, 3.05) is 6.61 Å². The molecule has 1 rings (SSSR count). The topological polar surface area (TPSA) is 81.6 Å². The van der Waals surface area contributed by atoms with Gasteiger partial charge in [-0.15, -0.1) is 0 Å². The third-order valence-electron chi connectivity index (χ3n) is 1.38. The summed E-state index contributed by atoms with van der Waals surface area (Å²) < 4.78 is 0. The van der Waals surface area contributed by atoms with Gasteiger partial charge in [0.1, 0.15) is 0 Å². The predicted octanol–water partition coefficient (Wildman–Crippen LogP) is -1.58. The maximum atomic E-state index is 10.4. The van der Waals surface area contributed by atoms with Crippen LogP contribution in [0.4, 0.5) is 0 Å². The van der Waals surface area contributed by atoms with Gasteiger partial charge in [-0.05, 0) is 6.08 Å². The van der Waals surface area contributed by atoms with Crippen LogP contribution in [0.5, 0.6) is 0 Å². The molecular formula is C5H8N2O3. The van der Waals surface area contributed by atoms with E-state index in [0.717, 1.165) is 0 Å². The number of hydrazine groups is 1. The van der Waals surface area contributed by atoms with Gasteiger partial charge in [-0.25, -0.2) is 10.2 Å². The van der Waals surface area contributed by atoms with E-state index in [1.165, 1.54) is 12.3 Å². The van der Waals surface area contributed by atoms with Crippen LogP contribution in [0, 0.1) is 0 Å². The number of aliphatic hydroxyl groups is 1. The third kappa shape index (κ3) is 0.850. The SMILES string of the molecule is O=C(O)C1(CO)C=CNN1. The summed E-state index contributed by atoms with van der Waals surface area (Å²) in [5, 5.41) is 17.2. The second-order valence-electron chi connectivity index (χ2n) is 2.04. The molecule has 0 radical (unpaired) electrons. The zero-order chi connectivity index (χ0) is 7.61. The fraction of sp³-hybridized carbons (Fsp3) is 0.400. The van der Waals surface area contributed by atoms with E-state index in [4.69, 9.17) is 10.2 Å². The highest BCUT2D eigenvalue weighted by Crippen LogP contribution is 2.08. The molecule has 4 N–H and O–H groups in total. The number of carboxylic acids is 1. The molecule has 0 amide bonds. The molecular weight excluding hydrogens is 136 g/mol. The monoisotopic (exact) mass is 144 g/mol. The van der Waals surface area contributed by atoms with E-state index in [9.17, 15) is 4.79 Å². The molecule has 1 heterocycles. The molecule has 1 unspecified atom stereocenters. The van der Waals surface area contributed by atoms with Crippen molar-refractivity contribution in [3.05, 3.63) is 12.3 Å². The summed E-state index contributed by atoms with van der Waals surface area (Å²) in [5.41, 5.74) is 3.55. The number of aliphatic hydroxyl groups excluding tert-OH is 1. The number of hydrogen-bond acceptors (Lipinski definition) is 4. The highest BCUT2D eigenvalue weighted by molar-refractivity contribution is 5.82. The van der Waals surface area contributed by atoms with E-state index in [2.05, 4.69) is 10.9 Å². The normalized spacial score (nSPS) is 30.1. The lowest BCUT2D eigenvalue weighted by molar-refractivity contribution is -0.144. The fourth-order valence-corrected chi connectivity index (χ4v) is 0.681. The minimum atomic E-state index is -1.33. The molecule has 0 aromatic rings. The molecule has 1 aliphatic rings. The minimum absolute atomic E-state index is 0.466. The molecule has 0 aromatic carbocycles. The van der Waals surface area contributed by atoms with E-state index < -0.39 is 18.1 Å². The molecule has 5 heteroatoms. The number of carbonyl (C=O) groups is 1. The van der Waals surface area contributed by atoms with Crippen molar-refractivity contribution in [3.8, 4) is 0 Å². The van der Waals surface area contributed by atoms with E-state index in [1.54, 1.807) is 0 Å². The van der Waals surface area contributed by atoms with Crippen molar-refractivity contribution >= 4 is 5.97 Å². The zero-order valence-corrected chi connectivity index (χ0v) is 5.16. The summed E-state index contributed by atoms with van der Waals surface area (Å²) in [6.07, 6.45) is 2.79. The van der Waals surface area contributed by atoms with Crippen molar-refractivity contribution in [2.45, 2.75) is 5.54 Å². The lowest BCUT2D eigenvalue weighted by Gasteiger charge is -2.18. The van der Waals surface area contributed by atoms with Crippen LogP contribution < -0.4 is 10.9 Å². The van der Waals surface area contributed by atoms with Crippen LogP contribution in [-0.4, -0.2) is 28.3 Å². The smallest absolute Gasteiger partial charge is 0.332 e. The molecule has 56 valence electrons. The predicted molar refractivity (Wildman–Crippen MR) is 32.9 cm³/mol. The highest BCUT2D eigenvalue weighted by Gasteiger charge is 2.37. The summed E-state index contributed by atoms with van der Waals surface area (Å²) in [5.74, 6) is -1.10. The van der Waals surface area contributed by atoms with Crippen molar-refractivity contribution in [1.82, 2.24) is 10.9 Å². The first-order valence-corrected chi connectivity index (χ1v) is 2.76. The first kappa shape index (κ1) is 7.04. The maximum absolute atomic E-state index is 10.4. The Hall–Kier alpha value is -1.07. The Balaban J connectivity index is 2.78. The molecule has 10 heavy (non-hydrogen) atoms. The summed E-state index contributed by atoms with van der Waals surface area (Å²) >= 11 is 0. The van der Waals surface area contributed by atoms with Crippen LogP contribution in [-0.2, 0) is 4.79 Å². The first-order chi connectivity index (χ1) is 4.71. The number of carboxylic acid groups (broad SMARTS) is 1. The number of hydrogen-bond donors (Lipinski definition) is 4. The summed E-state index contributed by atoms with van der Waals surface area (Å²) in [6, 6.07) is 0. The minimum Gasteiger partial charge on any atom is -0.480 e. The number of rotatable bonds is 2. The molecule has 0 spiro atoms. The average molecular weight is 144 g/mol. The Morgan fingerprint density at radius 2 is 2.40 bits per heavy atom. The molecule has 5 nitrogen and oxygen atoms in total. The molecule has 1 aliphatic heterocycles. The molecule has 0 saturated heterocycles. The van der Waals surface area contributed by atoms with Gasteiger partial charge in [0.05, 0.1) is 6.61 Å². The summed E-state index contributed by atoms with van der Waals surface area (Å²) in [4.78, 5) is 10.4. The van der Waals surface area contributed by atoms with Gasteiger partial charge in [-0.2, -0.15) is 0 Å². The zero-order valence-electron chi connectivity index (χ0n) is 5.16. The number of aliphatic carboxylic acids is 1.